The van der Waals surface area contributed by atoms with Gasteiger partial charge in [0.25, 0.3) is 11.8 Å². The predicted octanol–water partition coefficient (Wildman–Crippen LogP) is 4.83. The number of fused-ring (bicyclic) bond motifs is 1. The molecule has 0 radical (unpaired) electrons. The van der Waals surface area contributed by atoms with Crippen molar-refractivity contribution in [3.05, 3.63) is 44.2 Å². The van der Waals surface area contributed by atoms with Crippen molar-refractivity contribution >= 4 is 51.4 Å². The molecule has 0 aliphatic heterocycles. The van der Waals surface area contributed by atoms with Crippen molar-refractivity contribution in [1.29, 1.82) is 0 Å². The van der Waals surface area contributed by atoms with Gasteiger partial charge in [0.05, 0.1) is 10.6 Å². The Bertz CT molecular complexity index is 882. The average molecular weight is 427 g/mol. The number of ether oxygens (including phenoxy) is 1. The first kappa shape index (κ1) is 20.0. The molecule has 1 aliphatic carbocycles. The number of nitrogens with one attached hydrogen (secondary N) is 1. The van der Waals surface area contributed by atoms with Crippen LogP contribution < -0.4 is 15.8 Å². The summed E-state index contributed by atoms with van der Waals surface area (Å²) >= 11 is 13.4. The van der Waals surface area contributed by atoms with E-state index in [9.17, 15) is 9.59 Å². The van der Waals surface area contributed by atoms with Crippen LogP contribution in [0.25, 0.3) is 0 Å². The van der Waals surface area contributed by atoms with Gasteiger partial charge in [-0.2, -0.15) is 0 Å². The Balaban J connectivity index is 1.78. The maximum Gasteiger partial charge on any atom is 0.265 e. The zero-order valence-corrected chi connectivity index (χ0v) is 17.1. The lowest BCUT2D eigenvalue weighted by Crippen LogP contribution is -2.30. The van der Waals surface area contributed by atoms with Crippen molar-refractivity contribution in [3.8, 4) is 5.75 Å². The van der Waals surface area contributed by atoms with E-state index in [2.05, 4.69) is 5.32 Å². The van der Waals surface area contributed by atoms with E-state index < -0.39 is 12.0 Å². The average Bonchev–Trinajstić information content (AvgIpc) is 2.78. The fraction of sp³-hybridized carbons (Fsp3) is 0.368. The Hall–Kier alpha value is -1.76. The molecule has 0 saturated carbocycles. The second-order valence-corrected chi connectivity index (χ2v) is 8.41. The highest BCUT2D eigenvalue weighted by Gasteiger charge is 2.26. The Morgan fingerprint density at radius 3 is 2.67 bits per heavy atom. The molecule has 1 aromatic carbocycles. The maximum atomic E-state index is 12.6. The second kappa shape index (κ2) is 8.50. The van der Waals surface area contributed by atoms with Crippen LogP contribution in [0.2, 0.25) is 10.0 Å². The third-order valence-corrected chi connectivity index (χ3v) is 6.21. The number of amides is 2. The van der Waals surface area contributed by atoms with Gasteiger partial charge in [-0.25, -0.2) is 0 Å². The van der Waals surface area contributed by atoms with Gasteiger partial charge in [-0.05, 0) is 56.4 Å². The van der Waals surface area contributed by atoms with E-state index in [0.29, 0.717) is 26.4 Å². The summed E-state index contributed by atoms with van der Waals surface area (Å²) in [6.07, 6.45) is 4.13. The van der Waals surface area contributed by atoms with Gasteiger partial charge in [-0.1, -0.05) is 29.6 Å². The molecule has 2 amide bonds. The lowest BCUT2D eigenvalue weighted by molar-refractivity contribution is -0.122. The third-order valence-electron chi connectivity index (χ3n) is 4.47. The summed E-state index contributed by atoms with van der Waals surface area (Å²) in [4.78, 5) is 25.7. The van der Waals surface area contributed by atoms with Crippen LogP contribution >= 0.6 is 34.5 Å². The highest BCUT2D eigenvalue weighted by Crippen LogP contribution is 2.37. The Morgan fingerprint density at radius 1 is 1.22 bits per heavy atom. The first-order valence-electron chi connectivity index (χ1n) is 8.73. The van der Waals surface area contributed by atoms with Gasteiger partial charge in [-0.15, -0.1) is 11.3 Å². The van der Waals surface area contributed by atoms with Crippen molar-refractivity contribution < 1.29 is 14.3 Å². The Morgan fingerprint density at radius 2 is 1.96 bits per heavy atom. The molecule has 144 valence electrons. The molecule has 0 unspecified atom stereocenters. The summed E-state index contributed by atoms with van der Waals surface area (Å²) in [5, 5.41) is 4.11. The van der Waals surface area contributed by atoms with Crippen molar-refractivity contribution in [2.75, 3.05) is 5.32 Å². The Labute approximate surface area is 171 Å². The minimum atomic E-state index is -0.814. The fourth-order valence-electron chi connectivity index (χ4n) is 3.12. The molecule has 0 saturated heterocycles. The quantitative estimate of drug-likeness (QED) is 0.671. The number of benzene rings is 1. The van der Waals surface area contributed by atoms with E-state index in [1.165, 1.54) is 11.3 Å². The molecule has 0 spiro atoms. The van der Waals surface area contributed by atoms with E-state index in [1.54, 1.807) is 25.1 Å². The topological polar surface area (TPSA) is 81.4 Å². The maximum absolute atomic E-state index is 12.6. The zero-order chi connectivity index (χ0) is 19.6. The summed E-state index contributed by atoms with van der Waals surface area (Å²) in [5.74, 6) is -0.528. The number of primary amides is 1. The van der Waals surface area contributed by atoms with Crippen LogP contribution in [0.1, 0.15) is 47.0 Å². The van der Waals surface area contributed by atoms with Gasteiger partial charge in [0.15, 0.2) is 6.10 Å². The van der Waals surface area contributed by atoms with Gasteiger partial charge in [0, 0.05) is 9.90 Å². The summed E-state index contributed by atoms with van der Waals surface area (Å²) in [6, 6.07) is 4.79. The fourth-order valence-corrected chi connectivity index (χ4v) is 4.87. The molecule has 8 heteroatoms. The number of carbonyl (C=O) groups is 2. The van der Waals surface area contributed by atoms with Gasteiger partial charge in [-0.3, -0.25) is 9.59 Å². The monoisotopic (exact) mass is 426 g/mol. The molecular weight excluding hydrogens is 407 g/mol. The molecular formula is C19H20Cl2N2O3S. The molecule has 1 aromatic heterocycles. The number of aryl methyl sites for hydroxylation is 1. The standard InChI is InChI=1S/C19H20Cl2N2O3S/c1-10(26-14-8-7-11(20)9-13(14)21)18(25)23-19-16(17(22)24)12-5-3-2-4-6-15(12)27-19/h7-10H,2-6H2,1H3,(H2,22,24)(H,23,25)/t10-/m0/s1. The van der Waals surface area contributed by atoms with Crippen molar-refractivity contribution in [2.45, 2.75) is 45.1 Å². The smallest absolute Gasteiger partial charge is 0.265 e. The molecule has 3 rings (SSSR count). The van der Waals surface area contributed by atoms with Gasteiger partial charge < -0.3 is 15.8 Å². The third kappa shape index (κ3) is 4.57. The Kier molecular flexibility index (Phi) is 6.29. The van der Waals surface area contributed by atoms with Gasteiger partial charge in [0.2, 0.25) is 0 Å². The first-order valence-corrected chi connectivity index (χ1v) is 10.3. The largest absolute Gasteiger partial charge is 0.479 e. The number of thiophene rings is 1. The number of halogens is 2. The molecule has 1 aliphatic rings. The van der Waals surface area contributed by atoms with Crippen LogP contribution in [0.4, 0.5) is 5.00 Å². The van der Waals surface area contributed by atoms with E-state index in [0.717, 1.165) is 42.5 Å². The molecule has 27 heavy (non-hydrogen) atoms. The van der Waals surface area contributed by atoms with E-state index in [4.69, 9.17) is 33.7 Å². The lowest BCUT2D eigenvalue weighted by atomic mass is 10.1. The molecule has 0 fully saturated rings. The van der Waals surface area contributed by atoms with Gasteiger partial charge in [0.1, 0.15) is 10.8 Å². The van der Waals surface area contributed by atoms with E-state index >= 15 is 0 Å². The van der Waals surface area contributed by atoms with Crippen LogP contribution in [0, 0.1) is 0 Å². The lowest BCUT2D eigenvalue weighted by Gasteiger charge is -2.15. The number of nitrogens with two attached hydrogens (primary N) is 1. The molecule has 2 aromatic rings. The SMILES string of the molecule is C[C@H](Oc1ccc(Cl)cc1Cl)C(=O)Nc1sc2c(c1C(N)=O)CCCCC2. The van der Waals surface area contributed by atoms with Crippen LogP contribution in [0.15, 0.2) is 18.2 Å². The second-order valence-electron chi connectivity index (χ2n) is 6.46. The van der Waals surface area contributed by atoms with Crippen LogP contribution in [0.5, 0.6) is 5.75 Å². The molecule has 5 nitrogen and oxygen atoms in total. The number of hydrogen-bond acceptors (Lipinski definition) is 4. The summed E-state index contributed by atoms with van der Waals surface area (Å²) < 4.78 is 5.64. The van der Waals surface area contributed by atoms with E-state index in [-0.39, 0.29) is 5.91 Å². The van der Waals surface area contributed by atoms with Crippen LogP contribution in [-0.2, 0) is 17.6 Å². The zero-order valence-electron chi connectivity index (χ0n) is 14.8. The van der Waals surface area contributed by atoms with Crippen molar-refractivity contribution in [2.24, 2.45) is 5.73 Å². The molecule has 3 N–H and O–H groups in total. The number of hydrogen-bond donors (Lipinski definition) is 2. The minimum Gasteiger partial charge on any atom is -0.479 e. The summed E-state index contributed by atoms with van der Waals surface area (Å²) in [7, 11) is 0. The van der Waals surface area contributed by atoms with Crippen LogP contribution in [0.3, 0.4) is 0 Å². The highest BCUT2D eigenvalue weighted by molar-refractivity contribution is 7.17. The van der Waals surface area contributed by atoms with Crippen molar-refractivity contribution in [3.63, 3.8) is 0 Å². The minimum absolute atomic E-state index is 0.322. The summed E-state index contributed by atoms with van der Waals surface area (Å²) in [6.45, 7) is 1.61. The first-order chi connectivity index (χ1) is 12.9. The summed E-state index contributed by atoms with van der Waals surface area (Å²) in [5.41, 5.74) is 7.01. The predicted molar refractivity (Wildman–Crippen MR) is 109 cm³/mol. The number of carbonyl (C=O) groups excluding carboxylic acids is 2. The van der Waals surface area contributed by atoms with Gasteiger partial charge >= 0.3 is 0 Å². The normalized spacial score (nSPS) is 14.8. The molecule has 1 heterocycles. The van der Waals surface area contributed by atoms with E-state index in [1.807, 2.05) is 0 Å². The number of anilines is 1. The number of rotatable bonds is 5. The molecule has 0 bridgehead atoms. The van der Waals surface area contributed by atoms with Crippen molar-refractivity contribution in [1.82, 2.24) is 0 Å². The molecule has 1 atom stereocenters. The highest BCUT2D eigenvalue weighted by atomic mass is 35.5. The van der Waals surface area contributed by atoms with Crippen LogP contribution in [-0.4, -0.2) is 17.9 Å².